The van der Waals surface area contributed by atoms with Crippen LogP contribution in [0.3, 0.4) is 0 Å². The predicted octanol–water partition coefficient (Wildman–Crippen LogP) is 2.84. The molecule has 3 heteroatoms. The molecule has 2 nitrogen and oxygen atoms in total. The summed E-state index contributed by atoms with van der Waals surface area (Å²) in [5.41, 5.74) is 4.18. The molecule has 0 fully saturated rings. The van der Waals surface area contributed by atoms with E-state index in [1.807, 2.05) is 6.07 Å². The molecule has 0 aliphatic rings. The van der Waals surface area contributed by atoms with Gasteiger partial charge in [-0.25, -0.2) is 0 Å². The number of hydrazine groups is 1. The van der Waals surface area contributed by atoms with Crippen molar-refractivity contribution in [1.29, 1.82) is 0 Å². The molecule has 0 saturated carbocycles. The van der Waals surface area contributed by atoms with Crippen LogP contribution >= 0.6 is 22.6 Å². The van der Waals surface area contributed by atoms with Crippen molar-refractivity contribution in [2.75, 3.05) is 0 Å². The second kappa shape index (κ2) is 5.68. The molecular weight excluding hydrogens is 287 g/mol. The lowest BCUT2D eigenvalue weighted by molar-refractivity contribution is 0.437. The van der Waals surface area contributed by atoms with Crippen molar-refractivity contribution < 1.29 is 0 Å². The molecule has 0 spiro atoms. The van der Waals surface area contributed by atoms with Gasteiger partial charge in [-0.05, 0) is 46.6 Å². The second-order valence-corrected chi connectivity index (χ2v) is 5.03. The largest absolute Gasteiger partial charge is 0.271 e. The van der Waals surface area contributed by atoms with Crippen molar-refractivity contribution in [2.24, 2.45) is 11.8 Å². The lowest BCUT2D eigenvalue weighted by atomic mass is 9.98. The summed E-state index contributed by atoms with van der Waals surface area (Å²) in [7, 11) is 0. The lowest BCUT2D eigenvalue weighted by Crippen LogP contribution is -2.29. The van der Waals surface area contributed by atoms with E-state index in [1.54, 1.807) is 0 Å². The Morgan fingerprint density at radius 1 is 1.36 bits per heavy atom. The van der Waals surface area contributed by atoms with Crippen molar-refractivity contribution >= 4 is 22.6 Å². The van der Waals surface area contributed by atoms with E-state index in [9.17, 15) is 0 Å². The molecular formula is C11H17IN2. The Kier molecular flexibility index (Phi) is 4.84. The smallest absolute Gasteiger partial charge is 0.0472 e. The SMILES string of the molecule is CC(C)CC(NN)c1ccccc1I. The van der Waals surface area contributed by atoms with E-state index in [0.717, 1.165) is 6.42 Å². The van der Waals surface area contributed by atoms with E-state index < -0.39 is 0 Å². The Morgan fingerprint density at radius 2 is 2.00 bits per heavy atom. The van der Waals surface area contributed by atoms with Gasteiger partial charge in [0, 0.05) is 9.61 Å². The van der Waals surface area contributed by atoms with E-state index >= 15 is 0 Å². The quantitative estimate of drug-likeness (QED) is 0.510. The third kappa shape index (κ3) is 3.22. The monoisotopic (exact) mass is 304 g/mol. The van der Waals surface area contributed by atoms with Crippen molar-refractivity contribution in [3.8, 4) is 0 Å². The minimum absolute atomic E-state index is 0.267. The molecule has 1 atom stereocenters. The Morgan fingerprint density at radius 3 is 2.50 bits per heavy atom. The van der Waals surface area contributed by atoms with Crippen LogP contribution in [0.25, 0.3) is 0 Å². The van der Waals surface area contributed by atoms with E-state index in [1.165, 1.54) is 9.13 Å². The Balaban J connectivity index is 2.83. The summed E-state index contributed by atoms with van der Waals surface area (Å²) < 4.78 is 1.27. The van der Waals surface area contributed by atoms with Gasteiger partial charge in [0.2, 0.25) is 0 Å². The van der Waals surface area contributed by atoms with Gasteiger partial charge in [-0.1, -0.05) is 32.0 Å². The summed E-state index contributed by atoms with van der Waals surface area (Å²) >= 11 is 2.35. The highest BCUT2D eigenvalue weighted by Gasteiger charge is 2.13. The fourth-order valence-corrected chi connectivity index (χ4v) is 2.28. The minimum atomic E-state index is 0.267. The van der Waals surface area contributed by atoms with Crippen molar-refractivity contribution in [3.63, 3.8) is 0 Å². The summed E-state index contributed by atoms with van der Waals surface area (Å²) in [4.78, 5) is 0. The zero-order valence-corrected chi connectivity index (χ0v) is 10.8. The van der Waals surface area contributed by atoms with Gasteiger partial charge in [-0.15, -0.1) is 0 Å². The third-order valence-corrected chi connectivity index (χ3v) is 3.17. The molecule has 0 aliphatic carbocycles. The third-order valence-electron chi connectivity index (χ3n) is 2.19. The van der Waals surface area contributed by atoms with Crippen LogP contribution < -0.4 is 11.3 Å². The molecule has 3 N–H and O–H groups in total. The number of rotatable bonds is 4. The topological polar surface area (TPSA) is 38.0 Å². The maximum atomic E-state index is 5.57. The standard InChI is InChI=1S/C11H17IN2/c1-8(2)7-11(14-13)9-5-3-4-6-10(9)12/h3-6,8,11,14H,7,13H2,1-2H3. The van der Waals surface area contributed by atoms with E-state index in [-0.39, 0.29) is 6.04 Å². The predicted molar refractivity (Wildman–Crippen MR) is 68.7 cm³/mol. The first kappa shape index (κ1) is 11.9. The number of benzene rings is 1. The van der Waals surface area contributed by atoms with Crippen LogP contribution in [0.15, 0.2) is 24.3 Å². The van der Waals surface area contributed by atoms with Crippen LogP contribution in [0.2, 0.25) is 0 Å². The first-order chi connectivity index (χ1) is 6.65. The van der Waals surface area contributed by atoms with Crippen molar-refractivity contribution in [3.05, 3.63) is 33.4 Å². The molecule has 0 saturated heterocycles. The highest BCUT2D eigenvalue weighted by molar-refractivity contribution is 14.1. The summed E-state index contributed by atoms with van der Waals surface area (Å²) in [5, 5.41) is 0. The van der Waals surface area contributed by atoms with Gasteiger partial charge in [0.05, 0.1) is 0 Å². The molecule has 1 aromatic rings. The summed E-state index contributed by atoms with van der Waals surface area (Å²) in [6.45, 7) is 4.42. The van der Waals surface area contributed by atoms with Crippen molar-refractivity contribution in [1.82, 2.24) is 5.43 Å². The van der Waals surface area contributed by atoms with Crippen LogP contribution in [-0.4, -0.2) is 0 Å². The van der Waals surface area contributed by atoms with Gasteiger partial charge in [0.25, 0.3) is 0 Å². The molecule has 78 valence electrons. The van der Waals surface area contributed by atoms with E-state index in [0.29, 0.717) is 5.92 Å². The highest BCUT2D eigenvalue weighted by atomic mass is 127. The number of nitrogens with one attached hydrogen (secondary N) is 1. The Hall–Kier alpha value is -0.130. The summed E-state index contributed by atoms with van der Waals surface area (Å²) in [5.74, 6) is 6.21. The maximum Gasteiger partial charge on any atom is 0.0472 e. The van der Waals surface area contributed by atoms with Crippen LogP contribution in [0.5, 0.6) is 0 Å². The zero-order valence-electron chi connectivity index (χ0n) is 8.63. The number of nitrogens with two attached hydrogens (primary N) is 1. The Bertz CT molecular complexity index is 286. The average molecular weight is 304 g/mol. The normalized spacial score (nSPS) is 13.2. The first-order valence-electron chi connectivity index (χ1n) is 4.85. The second-order valence-electron chi connectivity index (χ2n) is 3.87. The van der Waals surface area contributed by atoms with Crippen LogP contribution in [0, 0.1) is 9.49 Å². The number of halogens is 1. The van der Waals surface area contributed by atoms with Gasteiger partial charge in [-0.3, -0.25) is 11.3 Å². The van der Waals surface area contributed by atoms with Crippen molar-refractivity contribution in [2.45, 2.75) is 26.3 Å². The number of hydrogen-bond acceptors (Lipinski definition) is 2. The van der Waals surface area contributed by atoms with Gasteiger partial charge >= 0.3 is 0 Å². The molecule has 0 radical (unpaired) electrons. The molecule has 0 amide bonds. The first-order valence-corrected chi connectivity index (χ1v) is 5.93. The Labute approximate surface area is 99.4 Å². The number of hydrogen-bond donors (Lipinski definition) is 2. The van der Waals surface area contributed by atoms with Gasteiger partial charge in [0.15, 0.2) is 0 Å². The van der Waals surface area contributed by atoms with Crippen LogP contribution in [-0.2, 0) is 0 Å². The molecule has 14 heavy (non-hydrogen) atoms. The van der Waals surface area contributed by atoms with E-state index in [2.05, 4.69) is 60.1 Å². The maximum absolute atomic E-state index is 5.57. The average Bonchev–Trinajstić information content (AvgIpc) is 2.15. The summed E-state index contributed by atoms with van der Waals surface area (Å²) in [6.07, 6.45) is 1.07. The lowest BCUT2D eigenvalue weighted by Gasteiger charge is -2.19. The van der Waals surface area contributed by atoms with Gasteiger partial charge < -0.3 is 0 Å². The fourth-order valence-electron chi connectivity index (χ4n) is 1.51. The molecule has 1 aromatic carbocycles. The molecule has 0 aromatic heterocycles. The van der Waals surface area contributed by atoms with Crippen LogP contribution in [0.4, 0.5) is 0 Å². The highest BCUT2D eigenvalue weighted by Crippen LogP contribution is 2.24. The van der Waals surface area contributed by atoms with Gasteiger partial charge in [0.1, 0.15) is 0 Å². The van der Waals surface area contributed by atoms with Gasteiger partial charge in [-0.2, -0.15) is 0 Å². The minimum Gasteiger partial charge on any atom is -0.271 e. The molecule has 1 unspecified atom stereocenters. The summed E-state index contributed by atoms with van der Waals surface area (Å²) in [6, 6.07) is 8.62. The van der Waals surface area contributed by atoms with E-state index in [4.69, 9.17) is 5.84 Å². The molecule has 0 bridgehead atoms. The fraction of sp³-hybridized carbons (Fsp3) is 0.455. The molecule has 0 heterocycles. The zero-order chi connectivity index (χ0) is 10.6. The molecule has 0 aliphatic heterocycles. The van der Waals surface area contributed by atoms with Crippen LogP contribution in [0.1, 0.15) is 31.9 Å². The molecule has 1 rings (SSSR count).